The third-order valence-electron chi connectivity index (χ3n) is 2.69. The summed E-state index contributed by atoms with van der Waals surface area (Å²) in [6.45, 7) is 1.29. The molecule has 0 amide bonds. The van der Waals surface area contributed by atoms with Crippen molar-refractivity contribution in [1.29, 1.82) is 0 Å². The van der Waals surface area contributed by atoms with Crippen LogP contribution in [0, 0.1) is 0 Å². The largest absolute Gasteiger partial charge is 0.573 e. The second-order valence-corrected chi connectivity index (χ2v) is 4.36. The number of aliphatic imine (C=N–C) groups is 2. The van der Waals surface area contributed by atoms with Gasteiger partial charge < -0.3 is 21.1 Å². The molecular formula is C13H16Cl2F3N5O. The average molecular weight is 386 g/mol. The van der Waals surface area contributed by atoms with Gasteiger partial charge in [0.05, 0.1) is 5.69 Å². The van der Waals surface area contributed by atoms with Gasteiger partial charge in [0, 0.05) is 13.1 Å². The molecule has 6 nitrogen and oxygen atoms in total. The maximum Gasteiger partial charge on any atom is 0.573 e. The van der Waals surface area contributed by atoms with E-state index in [1.165, 1.54) is 12.1 Å². The number of rotatable bonds is 2. The van der Waals surface area contributed by atoms with Crippen molar-refractivity contribution < 1.29 is 17.9 Å². The molecule has 0 bridgehead atoms. The van der Waals surface area contributed by atoms with E-state index in [0.717, 1.165) is 12.1 Å². The Kier molecular flexibility index (Phi) is 8.42. The van der Waals surface area contributed by atoms with Crippen LogP contribution in [0.2, 0.25) is 0 Å². The number of ether oxygens (including phenoxy) is 1. The number of hydrogen-bond acceptors (Lipinski definition) is 2. The van der Waals surface area contributed by atoms with Crippen molar-refractivity contribution in [2.45, 2.75) is 6.36 Å². The molecule has 0 atom stereocenters. The van der Waals surface area contributed by atoms with Crippen LogP contribution < -0.4 is 16.2 Å². The van der Waals surface area contributed by atoms with E-state index in [2.05, 4.69) is 14.7 Å². The number of guanidine groups is 2. The lowest BCUT2D eigenvalue weighted by Gasteiger charge is -2.15. The van der Waals surface area contributed by atoms with Crippen LogP contribution >= 0.6 is 24.8 Å². The minimum absolute atomic E-state index is 0. The third kappa shape index (κ3) is 6.97. The summed E-state index contributed by atoms with van der Waals surface area (Å²) in [5.41, 5.74) is 11.7. The van der Waals surface area contributed by atoms with Crippen molar-refractivity contribution >= 4 is 42.4 Å². The maximum atomic E-state index is 12.0. The van der Waals surface area contributed by atoms with Gasteiger partial charge in [0.1, 0.15) is 5.75 Å². The first-order valence-electron chi connectivity index (χ1n) is 6.27. The van der Waals surface area contributed by atoms with Crippen LogP contribution in [-0.4, -0.2) is 36.3 Å². The van der Waals surface area contributed by atoms with Crippen molar-refractivity contribution in [3.05, 3.63) is 36.4 Å². The van der Waals surface area contributed by atoms with Crippen LogP contribution in [-0.2, 0) is 0 Å². The van der Waals surface area contributed by atoms with Crippen molar-refractivity contribution in [3.63, 3.8) is 0 Å². The first-order chi connectivity index (χ1) is 10.3. The molecule has 0 aliphatic carbocycles. The Morgan fingerprint density at radius 2 is 1.58 bits per heavy atom. The van der Waals surface area contributed by atoms with E-state index in [9.17, 15) is 13.2 Å². The molecule has 4 N–H and O–H groups in total. The summed E-state index contributed by atoms with van der Waals surface area (Å²) in [6, 6.07) is 4.93. The SMILES string of the molecule is Cl.Cl.NC(=Nc1ccc(OC(F)(F)F)cc1)/N=C(/N)N1CC=CC1. The molecule has 0 saturated heterocycles. The predicted octanol–water partition coefficient (Wildman–Crippen LogP) is 2.56. The highest BCUT2D eigenvalue weighted by Gasteiger charge is 2.30. The first-order valence-corrected chi connectivity index (χ1v) is 6.27. The summed E-state index contributed by atoms with van der Waals surface area (Å²) >= 11 is 0. The van der Waals surface area contributed by atoms with Crippen LogP contribution in [0.1, 0.15) is 0 Å². The zero-order valence-corrected chi connectivity index (χ0v) is 13.9. The molecular weight excluding hydrogens is 370 g/mol. The Morgan fingerprint density at radius 3 is 2.08 bits per heavy atom. The van der Waals surface area contributed by atoms with Crippen LogP contribution in [0.4, 0.5) is 18.9 Å². The molecule has 0 radical (unpaired) electrons. The zero-order valence-electron chi connectivity index (χ0n) is 12.2. The predicted molar refractivity (Wildman–Crippen MR) is 91.2 cm³/mol. The smallest absolute Gasteiger partial charge is 0.406 e. The van der Waals surface area contributed by atoms with E-state index in [4.69, 9.17) is 11.5 Å². The molecule has 11 heteroatoms. The lowest BCUT2D eigenvalue weighted by atomic mass is 10.3. The monoisotopic (exact) mass is 385 g/mol. The lowest BCUT2D eigenvalue weighted by molar-refractivity contribution is -0.274. The highest BCUT2D eigenvalue weighted by molar-refractivity contribution is 5.94. The van der Waals surface area contributed by atoms with Crippen molar-refractivity contribution in [1.82, 2.24) is 4.90 Å². The van der Waals surface area contributed by atoms with Gasteiger partial charge in [-0.05, 0) is 24.3 Å². The lowest BCUT2D eigenvalue weighted by Crippen LogP contribution is -2.36. The van der Waals surface area contributed by atoms with E-state index in [0.29, 0.717) is 18.8 Å². The molecule has 1 aromatic carbocycles. The van der Waals surface area contributed by atoms with E-state index in [-0.39, 0.29) is 42.5 Å². The molecule has 1 heterocycles. The summed E-state index contributed by atoms with van der Waals surface area (Å²) in [5, 5.41) is 0. The van der Waals surface area contributed by atoms with Gasteiger partial charge >= 0.3 is 6.36 Å². The Hall–Kier alpha value is -2.13. The summed E-state index contributed by atoms with van der Waals surface area (Å²) in [7, 11) is 0. The number of alkyl halides is 3. The van der Waals surface area contributed by atoms with Crippen LogP contribution in [0.5, 0.6) is 5.75 Å². The Balaban J connectivity index is 0.00000264. The van der Waals surface area contributed by atoms with Crippen LogP contribution in [0.15, 0.2) is 46.4 Å². The molecule has 0 saturated carbocycles. The van der Waals surface area contributed by atoms with Crippen LogP contribution in [0.25, 0.3) is 0 Å². The molecule has 0 fully saturated rings. The van der Waals surface area contributed by atoms with E-state index in [1.807, 2.05) is 12.2 Å². The minimum Gasteiger partial charge on any atom is -0.406 e. The minimum atomic E-state index is -4.73. The number of nitrogens with zero attached hydrogens (tertiary/aromatic N) is 3. The molecule has 0 aromatic heterocycles. The van der Waals surface area contributed by atoms with Crippen LogP contribution in [0.3, 0.4) is 0 Å². The van der Waals surface area contributed by atoms with Gasteiger partial charge in [-0.15, -0.1) is 38.0 Å². The molecule has 0 spiro atoms. The summed E-state index contributed by atoms with van der Waals surface area (Å²) in [5.74, 6) is -0.201. The molecule has 134 valence electrons. The molecule has 2 rings (SSSR count). The highest BCUT2D eigenvalue weighted by atomic mass is 35.5. The van der Waals surface area contributed by atoms with Gasteiger partial charge in [0.25, 0.3) is 0 Å². The normalized spacial score (nSPS) is 14.9. The molecule has 1 aliphatic heterocycles. The van der Waals surface area contributed by atoms with Gasteiger partial charge in [0.15, 0.2) is 5.96 Å². The van der Waals surface area contributed by atoms with Crippen molar-refractivity contribution in [2.75, 3.05) is 13.1 Å². The number of hydrogen-bond donors (Lipinski definition) is 2. The van der Waals surface area contributed by atoms with Gasteiger partial charge in [-0.3, -0.25) is 0 Å². The summed E-state index contributed by atoms with van der Waals surface area (Å²) < 4.78 is 39.8. The van der Waals surface area contributed by atoms with Crippen molar-refractivity contribution in [3.8, 4) is 5.75 Å². The zero-order chi connectivity index (χ0) is 16.2. The molecule has 1 aliphatic rings. The fourth-order valence-corrected chi connectivity index (χ4v) is 1.73. The fourth-order valence-electron chi connectivity index (χ4n) is 1.73. The Bertz CT molecular complexity index is 609. The van der Waals surface area contributed by atoms with E-state index < -0.39 is 6.36 Å². The maximum absolute atomic E-state index is 12.0. The number of nitrogens with two attached hydrogens (primary N) is 2. The standard InChI is InChI=1S/C13H14F3N5O.2ClH/c14-13(15,16)22-10-5-3-9(4-6-10)19-11(17)20-12(18)21-7-1-2-8-21;;/h1-6H,7-8H2,(H4,17,18,19,20);2*1H. The summed E-state index contributed by atoms with van der Waals surface area (Å²) in [4.78, 5) is 9.66. The Labute approximate surface area is 148 Å². The van der Waals surface area contributed by atoms with E-state index in [1.54, 1.807) is 4.90 Å². The highest BCUT2D eigenvalue weighted by Crippen LogP contribution is 2.24. The molecule has 0 unspecified atom stereocenters. The van der Waals surface area contributed by atoms with Crippen molar-refractivity contribution in [2.24, 2.45) is 21.5 Å². The second kappa shape index (κ2) is 9.24. The molecule has 1 aromatic rings. The van der Waals surface area contributed by atoms with E-state index >= 15 is 0 Å². The fraction of sp³-hybridized carbons (Fsp3) is 0.231. The topological polar surface area (TPSA) is 89.2 Å². The summed E-state index contributed by atoms with van der Waals surface area (Å²) in [6.07, 6.45) is -0.851. The van der Waals surface area contributed by atoms with Gasteiger partial charge in [0.2, 0.25) is 5.96 Å². The Morgan fingerprint density at radius 1 is 1.04 bits per heavy atom. The number of halogens is 5. The number of benzene rings is 1. The quantitative estimate of drug-likeness (QED) is 0.465. The van der Waals surface area contributed by atoms with Gasteiger partial charge in [-0.1, -0.05) is 12.2 Å². The molecule has 24 heavy (non-hydrogen) atoms. The van der Waals surface area contributed by atoms with Gasteiger partial charge in [-0.25, -0.2) is 4.99 Å². The van der Waals surface area contributed by atoms with Gasteiger partial charge in [-0.2, -0.15) is 4.99 Å². The second-order valence-electron chi connectivity index (χ2n) is 4.36. The average Bonchev–Trinajstić information content (AvgIpc) is 2.93. The third-order valence-corrected chi connectivity index (χ3v) is 2.69. The first kappa shape index (κ1) is 21.9.